The summed E-state index contributed by atoms with van der Waals surface area (Å²) in [5.41, 5.74) is 1.04. The highest BCUT2D eigenvalue weighted by Gasteiger charge is 2.33. The monoisotopic (exact) mass is 306 g/mol. The summed E-state index contributed by atoms with van der Waals surface area (Å²) in [6, 6.07) is 0.699. The molecule has 5 heteroatoms. The number of halogens is 1. The maximum atomic E-state index is 6.34. The predicted octanol–water partition coefficient (Wildman–Crippen LogP) is 2.99. The molecule has 1 atom stereocenters. The molecule has 0 radical (unpaired) electrons. The van der Waals surface area contributed by atoms with Crippen LogP contribution in [0.4, 0.5) is 5.82 Å². The Morgan fingerprint density at radius 3 is 2.52 bits per heavy atom. The van der Waals surface area contributed by atoms with Crippen LogP contribution in [0.25, 0.3) is 0 Å². The maximum absolute atomic E-state index is 6.34. The molecule has 114 valence electrons. The average molecular weight is 307 g/mol. The van der Waals surface area contributed by atoms with Gasteiger partial charge in [-0.1, -0.05) is 11.6 Å². The van der Waals surface area contributed by atoms with Crippen LogP contribution in [0.2, 0.25) is 5.15 Å². The van der Waals surface area contributed by atoms with Crippen LogP contribution in [0.3, 0.4) is 0 Å². The number of hydrogen-bond acceptors (Lipinski definition) is 4. The van der Waals surface area contributed by atoms with Gasteiger partial charge in [-0.05, 0) is 52.1 Å². The summed E-state index contributed by atoms with van der Waals surface area (Å²) in [5, 5.41) is 0.645. The first-order valence-electron chi connectivity index (χ1n) is 8.25. The SMILES string of the molecule is Cc1c(Cl)nc(C2CC2)nc1N1CCC(N2CCCC2)C1. The van der Waals surface area contributed by atoms with Gasteiger partial charge in [0.05, 0.1) is 0 Å². The number of likely N-dealkylation sites (tertiary alicyclic amines) is 1. The van der Waals surface area contributed by atoms with Crippen molar-refractivity contribution in [2.24, 2.45) is 0 Å². The minimum Gasteiger partial charge on any atom is -0.355 e. The van der Waals surface area contributed by atoms with Gasteiger partial charge < -0.3 is 4.90 Å². The number of anilines is 1. The molecule has 3 aliphatic rings. The first-order valence-corrected chi connectivity index (χ1v) is 8.63. The minimum absolute atomic E-state index is 0.554. The first-order chi connectivity index (χ1) is 10.2. The number of nitrogens with zero attached hydrogens (tertiary/aromatic N) is 4. The molecule has 0 N–H and O–H groups in total. The van der Waals surface area contributed by atoms with E-state index in [-0.39, 0.29) is 0 Å². The third kappa shape index (κ3) is 2.64. The zero-order chi connectivity index (χ0) is 14.4. The molecule has 21 heavy (non-hydrogen) atoms. The second-order valence-electron chi connectivity index (χ2n) is 6.73. The molecular formula is C16H23ClN4. The van der Waals surface area contributed by atoms with Crippen molar-refractivity contribution in [1.29, 1.82) is 0 Å². The quantitative estimate of drug-likeness (QED) is 0.804. The normalized spacial score (nSPS) is 26.8. The molecule has 1 unspecified atom stereocenters. The van der Waals surface area contributed by atoms with E-state index < -0.39 is 0 Å². The summed E-state index contributed by atoms with van der Waals surface area (Å²) in [5.74, 6) is 2.60. The van der Waals surface area contributed by atoms with Crippen LogP contribution in [0.1, 0.15) is 49.4 Å². The van der Waals surface area contributed by atoms with Crippen molar-refractivity contribution in [3.05, 3.63) is 16.5 Å². The van der Waals surface area contributed by atoms with Crippen molar-refractivity contribution in [2.75, 3.05) is 31.1 Å². The van der Waals surface area contributed by atoms with E-state index in [1.165, 1.54) is 45.2 Å². The molecule has 4 nitrogen and oxygen atoms in total. The fraction of sp³-hybridized carbons (Fsp3) is 0.750. The summed E-state index contributed by atoms with van der Waals surface area (Å²) in [4.78, 5) is 14.4. The van der Waals surface area contributed by atoms with Crippen molar-refractivity contribution in [3.63, 3.8) is 0 Å². The Morgan fingerprint density at radius 2 is 1.81 bits per heavy atom. The highest BCUT2D eigenvalue weighted by molar-refractivity contribution is 6.30. The molecule has 3 fully saturated rings. The fourth-order valence-electron chi connectivity index (χ4n) is 3.67. The average Bonchev–Trinajstić information content (AvgIpc) is 3.00. The Morgan fingerprint density at radius 1 is 1.05 bits per heavy atom. The maximum Gasteiger partial charge on any atom is 0.137 e. The Bertz CT molecular complexity index is 537. The number of rotatable bonds is 3. The summed E-state index contributed by atoms with van der Waals surface area (Å²) in [7, 11) is 0. The standard InChI is InChI=1S/C16H23ClN4/c1-11-14(17)18-15(12-4-5-12)19-16(11)21-9-6-13(10-21)20-7-2-3-8-20/h12-13H,2-10H2,1H3. The largest absolute Gasteiger partial charge is 0.355 e. The van der Waals surface area contributed by atoms with Crippen LogP contribution in [0.15, 0.2) is 0 Å². The van der Waals surface area contributed by atoms with E-state index >= 15 is 0 Å². The molecule has 1 aromatic rings. The van der Waals surface area contributed by atoms with E-state index in [9.17, 15) is 0 Å². The van der Waals surface area contributed by atoms with Gasteiger partial charge in [0.2, 0.25) is 0 Å². The summed E-state index contributed by atoms with van der Waals surface area (Å²) >= 11 is 6.34. The molecule has 1 saturated carbocycles. The molecule has 1 aliphatic carbocycles. The molecule has 2 saturated heterocycles. The molecule has 1 aromatic heterocycles. The van der Waals surface area contributed by atoms with Crippen molar-refractivity contribution < 1.29 is 0 Å². The van der Waals surface area contributed by atoms with Crippen LogP contribution in [0, 0.1) is 6.92 Å². The highest BCUT2D eigenvalue weighted by Crippen LogP contribution is 2.40. The van der Waals surface area contributed by atoms with Crippen molar-refractivity contribution >= 4 is 17.4 Å². The predicted molar refractivity (Wildman–Crippen MR) is 85.2 cm³/mol. The van der Waals surface area contributed by atoms with Gasteiger partial charge in [-0.2, -0.15) is 0 Å². The van der Waals surface area contributed by atoms with Crippen molar-refractivity contribution in [3.8, 4) is 0 Å². The third-order valence-corrected chi connectivity index (χ3v) is 5.51. The summed E-state index contributed by atoms with van der Waals surface area (Å²) in [6.45, 7) is 6.79. The Balaban J connectivity index is 1.55. The van der Waals surface area contributed by atoms with E-state index in [2.05, 4.69) is 21.7 Å². The lowest BCUT2D eigenvalue weighted by atomic mass is 10.2. The van der Waals surface area contributed by atoms with Crippen LogP contribution >= 0.6 is 11.6 Å². The Kier molecular flexibility index (Phi) is 3.54. The van der Waals surface area contributed by atoms with Crippen LogP contribution in [0.5, 0.6) is 0 Å². The van der Waals surface area contributed by atoms with Crippen LogP contribution in [-0.4, -0.2) is 47.1 Å². The van der Waals surface area contributed by atoms with Gasteiger partial charge in [-0.15, -0.1) is 0 Å². The third-order valence-electron chi connectivity index (χ3n) is 5.14. The van der Waals surface area contributed by atoms with Crippen molar-refractivity contribution in [2.45, 2.75) is 51.0 Å². The van der Waals surface area contributed by atoms with E-state index in [1.807, 2.05) is 0 Å². The molecule has 0 amide bonds. The van der Waals surface area contributed by atoms with Gasteiger partial charge in [-0.3, -0.25) is 4.90 Å². The van der Waals surface area contributed by atoms with E-state index in [0.29, 0.717) is 17.1 Å². The molecule has 0 aromatic carbocycles. The van der Waals surface area contributed by atoms with E-state index in [4.69, 9.17) is 16.6 Å². The van der Waals surface area contributed by atoms with Gasteiger partial charge in [0.1, 0.15) is 16.8 Å². The molecule has 4 rings (SSSR count). The summed E-state index contributed by atoms with van der Waals surface area (Å²) in [6.07, 6.45) is 6.41. The lowest BCUT2D eigenvalue weighted by Gasteiger charge is -2.25. The minimum atomic E-state index is 0.554. The van der Waals surface area contributed by atoms with Crippen molar-refractivity contribution in [1.82, 2.24) is 14.9 Å². The smallest absolute Gasteiger partial charge is 0.137 e. The zero-order valence-corrected chi connectivity index (χ0v) is 13.4. The zero-order valence-electron chi connectivity index (χ0n) is 12.7. The first kappa shape index (κ1) is 13.8. The molecule has 0 bridgehead atoms. The number of hydrogen-bond donors (Lipinski definition) is 0. The molecule has 2 aliphatic heterocycles. The van der Waals surface area contributed by atoms with Gasteiger partial charge in [0.25, 0.3) is 0 Å². The van der Waals surface area contributed by atoms with Gasteiger partial charge >= 0.3 is 0 Å². The van der Waals surface area contributed by atoms with Gasteiger partial charge in [-0.25, -0.2) is 9.97 Å². The second-order valence-corrected chi connectivity index (χ2v) is 7.09. The fourth-order valence-corrected chi connectivity index (χ4v) is 3.84. The molecule has 0 spiro atoms. The lowest BCUT2D eigenvalue weighted by Crippen LogP contribution is -2.35. The van der Waals surface area contributed by atoms with Gasteiger partial charge in [0, 0.05) is 30.6 Å². The van der Waals surface area contributed by atoms with E-state index in [0.717, 1.165) is 30.3 Å². The Labute approximate surface area is 131 Å². The van der Waals surface area contributed by atoms with Crippen LogP contribution in [-0.2, 0) is 0 Å². The van der Waals surface area contributed by atoms with Gasteiger partial charge in [0.15, 0.2) is 0 Å². The van der Waals surface area contributed by atoms with Crippen LogP contribution < -0.4 is 4.90 Å². The summed E-state index contributed by atoms with van der Waals surface area (Å²) < 4.78 is 0. The van der Waals surface area contributed by atoms with E-state index in [1.54, 1.807) is 0 Å². The topological polar surface area (TPSA) is 32.3 Å². The second kappa shape index (κ2) is 5.40. The number of aromatic nitrogens is 2. The highest BCUT2D eigenvalue weighted by atomic mass is 35.5. The molecular weight excluding hydrogens is 284 g/mol. The molecule has 3 heterocycles. The Hall–Kier alpha value is -0.870. The lowest BCUT2D eigenvalue weighted by molar-refractivity contribution is 0.260.